The van der Waals surface area contributed by atoms with Crippen LogP contribution in [0.25, 0.3) is 33.5 Å². The quantitative estimate of drug-likeness (QED) is 0.318. The van der Waals surface area contributed by atoms with Crippen LogP contribution in [-0.2, 0) is 13.0 Å². The molecule has 0 fully saturated rings. The molecule has 0 saturated heterocycles. The number of fused-ring (bicyclic) bond motifs is 2. The zero-order chi connectivity index (χ0) is 20.0. The fourth-order valence-electron chi connectivity index (χ4n) is 3.91. The van der Waals surface area contributed by atoms with Gasteiger partial charge in [-0.15, -0.1) is 10.2 Å². The topological polar surface area (TPSA) is 43.6 Å². The van der Waals surface area contributed by atoms with Crippen LogP contribution < -0.4 is 0 Å². The van der Waals surface area contributed by atoms with Crippen molar-refractivity contribution in [3.05, 3.63) is 63.4 Å². The summed E-state index contributed by atoms with van der Waals surface area (Å²) in [6.07, 6.45) is 4.46. The fraction of sp³-hybridized carbons (Fsp3) is 0.227. The molecule has 5 rings (SSSR count). The number of aromatic nitrogens is 4. The van der Waals surface area contributed by atoms with Crippen LogP contribution in [0.15, 0.2) is 42.5 Å². The molecule has 29 heavy (non-hydrogen) atoms. The molecule has 0 N–H and O–H groups in total. The lowest BCUT2D eigenvalue weighted by Crippen LogP contribution is -2.03. The number of benzene rings is 2. The van der Waals surface area contributed by atoms with Crippen LogP contribution in [0, 0.1) is 0 Å². The highest BCUT2D eigenvalue weighted by atomic mass is 35.5. The van der Waals surface area contributed by atoms with Gasteiger partial charge in [0.2, 0.25) is 0 Å². The number of rotatable bonds is 2. The lowest BCUT2D eigenvalue weighted by molar-refractivity contribution is 0.637. The molecular weight excluding hydrogens is 427 g/mol. The van der Waals surface area contributed by atoms with Crippen molar-refractivity contribution in [2.24, 2.45) is 0 Å². The SMILES string of the molecule is Clc1ccc(-c2cc(-c3nnc4n3CCCCC4)c3ccccc3n2)c(Cl)c1Cl. The molecule has 3 heterocycles. The van der Waals surface area contributed by atoms with Crippen LogP contribution in [0.2, 0.25) is 15.1 Å². The molecule has 0 aliphatic carbocycles. The van der Waals surface area contributed by atoms with Crippen LogP contribution in [-0.4, -0.2) is 19.7 Å². The van der Waals surface area contributed by atoms with Crippen LogP contribution in [0.1, 0.15) is 25.1 Å². The standard InChI is InChI=1S/C22H17Cl3N4/c23-16-10-9-14(20(24)21(16)25)18-12-15(13-6-3-4-7-17(13)26-18)22-28-27-19-8-2-1-5-11-29(19)22/h3-4,6-7,9-10,12H,1-2,5,8,11H2. The monoisotopic (exact) mass is 442 g/mol. The van der Waals surface area contributed by atoms with E-state index in [1.54, 1.807) is 6.07 Å². The van der Waals surface area contributed by atoms with Gasteiger partial charge in [-0.1, -0.05) is 59.4 Å². The second-order valence-corrected chi connectivity index (χ2v) is 8.36. The highest BCUT2D eigenvalue weighted by Gasteiger charge is 2.20. The number of halogens is 3. The van der Waals surface area contributed by atoms with Crippen molar-refractivity contribution in [3.8, 4) is 22.6 Å². The number of hydrogen-bond acceptors (Lipinski definition) is 3. The molecular formula is C22H17Cl3N4. The minimum absolute atomic E-state index is 0.332. The second-order valence-electron chi connectivity index (χ2n) is 7.20. The molecule has 0 atom stereocenters. The first-order chi connectivity index (χ1) is 14.1. The molecule has 4 nitrogen and oxygen atoms in total. The van der Waals surface area contributed by atoms with E-state index in [4.69, 9.17) is 39.8 Å². The van der Waals surface area contributed by atoms with Gasteiger partial charge in [0.05, 0.1) is 26.3 Å². The Balaban J connectivity index is 1.77. The Hall–Kier alpha value is -2.14. The van der Waals surface area contributed by atoms with E-state index < -0.39 is 0 Å². The first kappa shape index (κ1) is 18.9. The minimum Gasteiger partial charge on any atom is -0.311 e. The van der Waals surface area contributed by atoms with Crippen LogP contribution in [0.3, 0.4) is 0 Å². The summed E-state index contributed by atoms with van der Waals surface area (Å²) >= 11 is 18.9. The predicted molar refractivity (Wildman–Crippen MR) is 119 cm³/mol. The maximum absolute atomic E-state index is 6.51. The van der Waals surface area contributed by atoms with Gasteiger partial charge in [0, 0.05) is 29.5 Å². The van der Waals surface area contributed by atoms with Crippen molar-refractivity contribution in [2.75, 3.05) is 0 Å². The first-order valence-corrected chi connectivity index (χ1v) is 10.7. The summed E-state index contributed by atoms with van der Waals surface area (Å²) in [7, 11) is 0. The lowest BCUT2D eigenvalue weighted by Gasteiger charge is -2.13. The highest BCUT2D eigenvalue weighted by molar-refractivity contribution is 6.49. The van der Waals surface area contributed by atoms with E-state index >= 15 is 0 Å². The number of hydrogen-bond donors (Lipinski definition) is 0. The lowest BCUT2D eigenvalue weighted by atomic mass is 10.0. The molecule has 0 bridgehead atoms. The smallest absolute Gasteiger partial charge is 0.164 e. The Labute approximate surface area is 183 Å². The van der Waals surface area contributed by atoms with Crippen LogP contribution >= 0.6 is 34.8 Å². The third-order valence-corrected chi connectivity index (χ3v) is 6.67. The zero-order valence-corrected chi connectivity index (χ0v) is 17.8. The van der Waals surface area contributed by atoms with E-state index in [2.05, 4.69) is 20.8 Å². The van der Waals surface area contributed by atoms with Gasteiger partial charge in [-0.25, -0.2) is 4.98 Å². The molecule has 146 valence electrons. The molecule has 4 aromatic rings. The van der Waals surface area contributed by atoms with Gasteiger partial charge in [-0.2, -0.15) is 0 Å². The van der Waals surface area contributed by atoms with E-state index in [1.165, 1.54) is 6.42 Å². The Morgan fingerprint density at radius 2 is 1.69 bits per heavy atom. The molecule has 2 aromatic carbocycles. The molecule has 0 spiro atoms. The summed E-state index contributed by atoms with van der Waals surface area (Å²) in [6.45, 7) is 0.928. The van der Waals surface area contributed by atoms with E-state index in [0.29, 0.717) is 15.1 Å². The maximum Gasteiger partial charge on any atom is 0.164 e. The Morgan fingerprint density at radius 3 is 2.59 bits per heavy atom. The van der Waals surface area contributed by atoms with Crippen LogP contribution in [0.4, 0.5) is 0 Å². The molecule has 1 aliphatic heterocycles. The molecule has 0 amide bonds. The summed E-state index contributed by atoms with van der Waals surface area (Å²) < 4.78 is 2.25. The van der Waals surface area contributed by atoms with Gasteiger partial charge in [0.1, 0.15) is 5.82 Å². The number of pyridine rings is 1. The highest BCUT2D eigenvalue weighted by Crippen LogP contribution is 2.39. The predicted octanol–water partition coefficient (Wildman–Crippen LogP) is 6.85. The summed E-state index contributed by atoms with van der Waals surface area (Å²) in [5.74, 6) is 1.92. The third-order valence-electron chi connectivity index (χ3n) is 5.38. The van der Waals surface area contributed by atoms with Crippen molar-refractivity contribution in [1.82, 2.24) is 19.7 Å². The largest absolute Gasteiger partial charge is 0.311 e. The molecule has 7 heteroatoms. The van der Waals surface area contributed by atoms with Gasteiger partial charge in [0.15, 0.2) is 5.82 Å². The Morgan fingerprint density at radius 1 is 0.828 bits per heavy atom. The molecule has 2 aromatic heterocycles. The Bertz CT molecular complexity index is 1230. The number of nitrogens with zero attached hydrogens (tertiary/aromatic N) is 4. The minimum atomic E-state index is 0.332. The van der Waals surface area contributed by atoms with Crippen molar-refractivity contribution >= 4 is 45.7 Å². The van der Waals surface area contributed by atoms with Crippen molar-refractivity contribution in [2.45, 2.75) is 32.2 Å². The van der Waals surface area contributed by atoms with E-state index in [0.717, 1.165) is 65.2 Å². The third kappa shape index (κ3) is 3.29. The van der Waals surface area contributed by atoms with E-state index in [9.17, 15) is 0 Å². The normalized spacial score (nSPS) is 14.0. The van der Waals surface area contributed by atoms with Gasteiger partial charge in [-0.3, -0.25) is 0 Å². The molecule has 0 saturated carbocycles. The van der Waals surface area contributed by atoms with Gasteiger partial charge in [0.25, 0.3) is 0 Å². The summed E-state index contributed by atoms with van der Waals surface area (Å²) in [5, 5.41) is 11.2. The molecule has 0 radical (unpaired) electrons. The van der Waals surface area contributed by atoms with E-state index in [-0.39, 0.29) is 0 Å². The van der Waals surface area contributed by atoms with Crippen LogP contribution in [0.5, 0.6) is 0 Å². The average Bonchev–Trinajstić information content (AvgIpc) is 2.99. The van der Waals surface area contributed by atoms with Crippen molar-refractivity contribution in [3.63, 3.8) is 0 Å². The summed E-state index contributed by atoms with van der Waals surface area (Å²) in [4.78, 5) is 4.83. The first-order valence-electron chi connectivity index (χ1n) is 9.59. The summed E-state index contributed by atoms with van der Waals surface area (Å²) in [6, 6.07) is 13.7. The summed E-state index contributed by atoms with van der Waals surface area (Å²) in [5.41, 5.74) is 3.33. The number of para-hydroxylation sites is 1. The number of aryl methyl sites for hydroxylation is 1. The average molecular weight is 444 g/mol. The van der Waals surface area contributed by atoms with E-state index in [1.807, 2.05) is 30.3 Å². The Kier molecular flexibility index (Phi) is 4.94. The molecule has 1 aliphatic rings. The van der Waals surface area contributed by atoms with Gasteiger partial charge in [-0.05, 0) is 37.1 Å². The van der Waals surface area contributed by atoms with Gasteiger partial charge >= 0.3 is 0 Å². The fourth-order valence-corrected chi connectivity index (χ4v) is 4.54. The zero-order valence-electron chi connectivity index (χ0n) is 15.5. The van der Waals surface area contributed by atoms with Crippen molar-refractivity contribution < 1.29 is 0 Å². The maximum atomic E-state index is 6.51. The van der Waals surface area contributed by atoms with Gasteiger partial charge < -0.3 is 4.57 Å². The van der Waals surface area contributed by atoms with Crippen molar-refractivity contribution in [1.29, 1.82) is 0 Å². The second kappa shape index (κ2) is 7.60. The molecule has 0 unspecified atom stereocenters.